The van der Waals surface area contributed by atoms with Crippen LogP contribution in [0.5, 0.6) is 0 Å². The maximum atomic E-state index is 13.8. The van der Waals surface area contributed by atoms with Gasteiger partial charge in [-0.3, -0.25) is 9.59 Å². The molecule has 174 valence electrons. The van der Waals surface area contributed by atoms with E-state index in [1.807, 2.05) is 37.5 Å². The number of nitrogens with zero attached hydrogens (tertiary/aromatic N) is 4. The van der Waals surface area contributed by atoms with E-state index in [0.717, 1.165) is 18.4 Å². The quantitative estimate of drug-likeness (QED) is 0.428. The third-order valence-electron chi connectivity index (χ3n) is 6.70. The highest BCUT2D eigenvalue weighted by molar-refractivity contribution is 6.09. The van der Waals surface area contributed by atoms with Crippen LogP contribution in [-0.4, -0.2) is 38.5 Å². The minimum Gasteiger partial charge on any atom is -0.364 e. The van der Waals surface area contributed by atoms with E-state index in [-0.39, 0.29) is 17.9 Å². The molecule has 0 radical (unpaired) electrons. The minimum atomic E-state index is -0.285. The van der Waals surface area contributed by atoms with Crippen molar-refractivity contribution in [2.75, 3.05) is 12.4 Å². The lowest BCUT2D eigenvalue weighted by molar-refractivity contribution is 0.0738. The molecule has 2 heterocycles. The summed E-state index contributed by atoms with van der Waals surface area (Å²) >= 11 is 0. The SMILES string of the molecule is CC(c1ccon1)N(C)C(=O)c1cc(NC(=O)c2ccccc2)cc2ncn(C3CCCC3)c12. The maximum Gasteiger partial charge on any atom is 0.256 e. The summed E-state index contributed by atoms with van der Waals surface area (Å²) in [7, 11) is 1.75. The Bertz CT molecular complexity index is 1310. The van der Waals surface area contributed by atoms with Gasteiger partial charge in [-0.25, -0.2) is 4.98 Å². The Kier molecular flexibility index (Phi) is 5.88. The Morgan fingerprint density at radius 2 is 1.91 bits per heavy atom. The highest BCUT2D eigenvalue weighted by Gasteiger charge is 2.27. The smallest absolute Gasteiger partial charge is 0.256 e. The number of carbonyl (C=O) groups is 2. The normalized spacial score (nSPS) is 14.9. The van der Waals surface area contributed by atoms with Crippen LogP contribution < -0.4 is 5.32 Å². The van der Waals surface area contributed by atoms with E-state index in [9.17, 15) is 9.59 Å². The van der Waals surface area contributed by atoms with E-state index in [0.29, 0.717) is 34.1 Å². The molecule has 4 aromatic rings. The van der Waals surface area contributed by atoms with Crippen LogP contribution in [0.15, 0.2) is 65.6 Å². The molecule has 1 atom stereocenters. The van der Waals surface area contributed by atoms with Gasteiger partial charge in [-0.15, -0.1) is 0 Å². The van der Waals surface area contributed by atoms with Crippen LogP contribution in [0.2, 0.25) is 0 Å². The highest BCUT2D eigenvalue weighted by atomic mass is 16.5. The molecule has 0 bridgehead atoms. The number of anilines is 1. The molecule has 1 aliphatic rings. The standard InChI is InChI=1S/C26H27N5O3/c1-17(22-12-13-34-29-22)30(2)26(33)21-14-19(28-25(32)18-8-4-3-5-9-18)15-23-24(21)31(16-27-23)20-10-6-7-11-20/h3-5,8-9,12-17,20H,6-7,10-11H2,1-2H3,(H,28,32). The van der Waals surface area contributed by atoms with E-state index in [2.05, 4.69) is 20.0 Å². The fourth-order valence-electron chi connectivity index (χ4n) is 4.66. The summed E-state index contributed by atoms with van der Waals surface area (Å²) in [5.41, 5.74) is 3.73. The van der Waals surface area contributed by atoms with Crippen molar-refractivity contribution in [3.8, 4) is 0 Å². The van der Waals surface area contributed by atoms with E-state index in [4.69, 9.17) is 4.52 Å². The zero-order valence-electron chi connectivity index (χ0n) is 19.3. The first-order valence-corrected chi connectivity index (χ1v) is 11.6. The van der Waals surface area contributed by atoms with Crippen molar-refractivity contribution in [1.82, 2.24) is 19.6 Å². The van der Waals surface area contributed by atoms with E-state index >= 15 is 0 Å². The van der Waals surface area contributed by atoms with Gasteiger partial charge < -0.3 is 19.3 Å². The highest BCUT2D eigenvalue weighted by Crippen LogP contribution is 2.35. The van der Waals surface area contributed by atoms with Gasteiger partial charge in [-0.1, -0.05) is 36.2 Å². The van der Waals surface area contributed by atoms with Crippen LogP contribution >= 0.6 is 0 Å². The van der Waals surface area contributed by atoms with Crippen molar-refractivity contribution in [2.24, 2.45) is 0 Å². The second kappa shape index (κ2) is 9.13. The number of hydrogen-bond donors (Lipinski definition) is 1. The Labute approximate surface area is 197 Å². The summed E-state index contributed by atoms with van der Waals surface area (Å²) in [6.07, 6.45) is 7.79. The van der Waals surface area contributed by atoms with Gasteiger partial charge in [0.15, 0.2) is 0 Å². The van der Waals surface area contributed by atoms with Gasteiger partial charge in [0.1, 0.15) is 12.0 Å². The largest absolute Gasteiger partial charge is 0.364 e. The molecule has 2 amide bonds. The monoisotopic (exact) mass is 457 g/mol. The molecule has 1 fully saturated rings. The molecule has 5 rings (SSSR count). The van der Waals surface area contributed by atoms with Crippen molar-refractivity contribution in [3.05, 3.63) is 77.9 Å². The van der Waals surface area contributed by atoms with Crippen molar-refractivity contribution in [3.63, 3.8) is 0 Å². The molecular formula is C26H27N5O3. The van der Waals surface area contributed by atoms with Crippen LogP contribution in [0.3, 0.4) is 0 Å². The molecule has 0 spiro atoms. The summed E-state index contributed by atoms with van der Waals surface area (Å²) in [5.74, 6) is -0.408. The van der Waals surface area contributed by atoms with Gasteiger partial charge in [-0.05, 0) is 44.0 Å². The second-order valence-electron chi connectivity index (χ2n) is 8.82. The lowest BCUT2D eigenvalue weighted by Gasteiger charge is -2.24. The van der Waals surface area contributed by atoms with Crippen LogP contribution in [0.4, 0.5) is 5.69 Å². The van der Waals surface area contributed by atoms with Crippen LogP contribution in [0.1, 0.15) is 71.1 Å². The Morgan fingerprint density at radius 1 is 1.15 bits per heavy atom. The van der Waals surface area contributed by atoms with E-state index in [1.165, 1.54) is 19.1 Å². The van der Waals surface area contributed by atoms with Gasteiger partial charge in [-0.2, -0.15) is 0 Å². The van der Waals surface area contributed by atoms with Crippen molar-refractivity contribution in [2.45, 2.75) is 44.7 Å². The molecule has 0 aliphatic heterocycles. The van der Waals surface area contributed by atoms with Gasteiger partial charge in [0.05, 0.1) is 29.0 Å². The molecule has 34 heavy (non-hydrogen) atoms. The molecule has 0 saturated heterocycles. The third-order valence-corrected chi connectivity index (χ3v) is 6.70. The van der Waals surface area contributed by atoms with Gasteiger partial charge in [0.2, 0.25) is 0 Å². The molecule has 1 aliphatic carbocycles. The maximum absolute atomic E-state index is 13.8. The number of imidazole rings is 1. The Morgan fingerprint density at radius 3 is 2.62 bits per heavy atom. The number of benzene rings is 2. The van der Waals surface area contributed by atoms with Crippen molar-refractivity contribution < 1.29 is 14.1 Å². The summed E-state index contributed by atoms with van der Waals surface area (Å²) in [6, 6.07) is 14.4. The predicted octanol–water partition coefficient (Wildman–Crippen LogP) is 5.22. The number of carbonyl (C=O) groups excluding carboxylic acids is 2. The number of aromatic nitrogens is 3. The summed E-state index contributed by atoms with van der Waals surface area (Å²) in [4.78, 5) is 32.8. The van der Waals surface area contributed by atoms with E-state index < -0.39 is 0 Å². The van der Waals surface area contributed by atoms with Crippen LogP contribution in [0, 0.1) is 0 Å². The first-order chi connectivity index (χ1) is 16.5. The average Bonchev–Trinajstić information content (AvgIpc) is 3.64. The molecule has 8 nitrogen and oxygen atoms in total. The topological polar surface area (TPSA) is 93.3 Å². The Balaban J connectivity index is 1.55. The molecule has 2 aromatic heterocycles. The predicted molar refractivity (Wildman–Crippen MR) is 129 cm³/mol. The minimum absolute atomic E-state index is 0.170. The first-order valence-electron chi connectivity index (χ1n) is 11.6. The molecular weight excluding hydrogens is 430 g/mol. The van der Waals surface area contributed by atoms with E-state index in [1.54, 1.807) is 36.2 Å². The van der Waals surface area contributed by atoms with Crippen molar-refractivity contribution in [1.29, 1.82) is 0 Å². The number of fused-ring (bicyclic) bond motifs is 1. The van der Waals surface area contributed by atoms with Gasteiger partial charge in [0, 0.05) is 30.4 Å². The first kappa shape index (κ1) is 21.9. The zero-order valence-corrected chi connectivity index (χ0v) is 19.3. The summed E-state index contributed by atoms with van der Waals surface area (Å²) < 4.78 is 7.10. The Hall–Kier alpha value is -3.94. The number of nitrogens with one attached hydrogen (secondary N) is 1. The van der Waals surface area contributed by atoms with Crippen LogP contribution in [0.25, 0.3) is 11.0 Å². The molecule has 8 heteroatoms. The molecule has 1 N–H and O–H groups in total. The van der Waals surface area contributed by atoms with Crippen LogP contribution in [-0.2, 0) is 0 Å². The lowest BCUT2D eigenvalue weighted by Crippen LogP contribution is -2.30. The summed E-state index contributed by atoms with van der Waals surface area (Å²) in [6.45, 7) is 1.91. The fraction of sp³-hybridized carbons (Fsp3) is 0.308. The molecule has 1 saturated carbocycles. The molecule has 1 unspecified atom stereocenters. The number of amides is 2. The lowest BCUT2D eigenvalue weighted by atomic mass is 10.1. The number of rotatable bonds is 6. The fourth-order valence-corrected chi connectivity index (χ4v) is 4.66. The zero-order chi connectivity index (χ0) is 23.7. The third kappa shape index (κ3) is 4.07. The second-order valence-corrected chi connectivity index (χ2v) is 8.82. The van der Waals surface area contributed by atoms with Gasteiger partial charge in [0.25, 0.3) is 11.8 Å². The molecule has 2 aromatic carbocycles. The van der Waals surface area contributed by atoms with Crippen molar-refractivity contribution >= 4 is 28.5 Å². The number of hydrogen-bond acceptors (Lipinski definition) is 5. The van der Waals surface area contributed by atoms with Gasteiger partial charge >= 0.3 is 0 Å². The average molecular weight is 458 g/mol. The summed E-state index contributed by atoms with van der Waals surface area (Å²) in [5, 5.41) is 6.93.